The van der Waals surface area contributed by atoms with Gasteiger partial charge in [0, 0.05) is 0 Å². The van der Waals surface area contributed by atoms with Gasteiger partial charge in [-0.2, -0.15) is 0 Å². The maximum atomic E-state index is 13.2. The van der Waals surface area contributed by atoms with Gasteiger partial charge in [-0.25, -0.2) is 0 Å². The molecular weight excluding hydrogens is 967 g/mol. The molecule has 11 nitrogen and oxygen atoms in total. The molecule has 9 atom stereocenters. The van der Waals surface area contributed by atoms with Crippen LogP contribution in [0.15, 0.2) is 12.2 Å². The van der Waals surface area contributed by atoms with Gasteiger partial charge in [0.2, 0.25) is 5.91 Å². The molecular formula is C66H129NO10. The van der Waals surface area contributed by atoms with Crippen molar-refractivity contribution in [2.75, 3.05) is 13.2 Å². The first-order valence-corrected chi connectivity index (χ1v) is 33.6. The molecule has 0 bridgehead atoms. The van der Waals surface area contributed by atoms with E-state index >= 15 is 0 Å². The summed E-state index contributed by atoms with van der Waals surface area (Å²) in [6, 6.07) is -1.18. The number of carbonyl (C=O) groups excluding carboxylic acids is 1. The minimum Gasteiger partial charge on any atom is -0.394 e. The number of aliphatic hydroxyl groups excluding tert-OH is 7. The highest BCUT2D eigenvalue weighted by Crippen LogP contribution is 2.24. The van der Waals surface area contributed by atoms with Gasteiger partial charge < -0.3 is 50.5 Å². The van der Waals surface area contributed by atoms with E-state index in [1.165, 1.54) is 257 Å². The van der Waals surface area contributed by atoms with Crippen molar-refractivity contribution in [3.8, 4) is 0 Å². The number of hydrogen-bond acceptors (Lipinski definition) is 10. The first kappa shape index (κ1) is 73.9. The smallest absolute Gasteiger partial charge is 0.249 e. The van der Waals surface area contributed by atoms with Crippen molar-refractivity contribution in [2.45, 2.75) is 390 Å². The third-order valence-corrected chi connectivity index (χ3v) is 16.6. The van der Waals surface area contributed by atoms with E-state index in [0.717, 1.165) is 38.5 Å². The summed E-state index contributed by atoms with van der Waals surface area (Å²) in [5, 5.41) is 76.2. The predicted molar refractivity (Wildman–Crippen MR) is 321 cm³/mol. The second-order valence-corrected chi connectivity index (χ2v) is 23.9. The van der Waals surface area contributed by atoms with E-state index in [4.69, 9.17) is 9.47 Å². The SMILES string of the molecule is CCCCCCCCCCCCC/C=C/CCCC(O)C(O)C(COC1OC(CO)C(O)C(O)C1O)NC(=O)C(O)CCCCCCCCCCCCCCCCCCCCCCCCCCCCCCCCCCCC. The predicted octanol–water partition coefficient (Wildman–Crippen LogP) is 15.5. The lowest BCUT2D eigenvalue weighted by molar-refractivity contribution is -0.303. The summed E-state index contributed by atoms with van der Waals surface area (Å²) in [4.78, 5) is 13.2. The van der Waals surface area contributed by atoms with Crippen molar-refractivity contribution in [1.82, 2.24) is 5.32 Å². The summed E-state index contributed by atoms with van der Waals surface area (Å²) in [6.45, 7) is 3.48. The van der Waals surface area contributed by atoms with Crippen molar-refractivity contribution in [2.24, 2.45) is 0 Å². The van der Waals surface area contributed by atoms with Crippen LogP contribution in [0.2, 0.25) is 0 Å². The number of unbranched alkanes of at least 4 members (excludes halogenated alkanes) is 45. The van der Waals surface area contributed by atoms with E-state index in [2.05, 4.69) is 31.3 Å². The molecule has 0 aromatic heterocycles. The van der Waals surface area contributed by atoms with E-state index in [0.29, 0.717) is 12.8 Å². The quantitative estimate of drug-likeness (QED) is 0.0215. The number of hydrogen-bond donors (Lipinski definition) is 8. The summed E-state index contributed by atoms with van der Waals surface area (Å²) in [5.74, 6) is -0.699. The molecule has 1 saturated heterocycles. The van der Waals surface area contributed by atoms with Gasteiger partial charge >= 0.3 is 0 Å². The first-order chi connectivity index (χ1) is 37.7. The Kier molecular flexibility index (Phi) is 53.1. The topological polar surface area (TPSA) is 189 Å². The Morgan fingerprint density at radius 3 is 1.12 bits per heavy atom. The largest absolute Gasteiger partial charge is 0.394 e. The second kappa shape index (κ2) is 55.4. The number of nitrogens with one attached hydrogen (secondary N) is 1. The van der Waals surface area contributed by atoms with Gasteiger partial charge in [-0.1, -0.05) is 309 Å². The molecule has 1 fully saturated rings. The molecule has 0 aliphatic carbocycles. The van der Waals surface area contributed by atoms with Gasteiger partial charge in [0.05, 0.1) is 25.4 Å². The van der Waals surface area contributed by atoms with Crippen LogP contribution in [-0.2, 0) is 14.3 Å². The van der Waals surface area contributed by atoms with Gasteiger partial charge in [0.15, 0.2) is 6.29 Å². The zero-order chi connectivity index (χ0) is 56.1. The standard InChI is InChI=1S/C66H129NO10/c1-3-5-7-9-11-13-15-17-19-21-22-23-24-25-26-27-28-29-30-31-32-33-34-35-36-37-38-40-42-44-46-48-50-52-54-59(70)65(75)67-57(56-76-66-64(74)63(73)62(72)60(55-68)77-66)61(71)58(69)53-51-49-47-45-43-41-39-20-18-16-14-12-10-8-6-4-2/h45,47,57-64,66,68-74H,3-44,46,48-56H2,1-2H3,(H,67,75)/b47-45+. The highest BCUT2D eigenvalue weighted by molar-refractivity contribution is 5.80. The number of amides is 1. The monoisotopic (exact) mass is 1100 g/mol. The zero-order valence-electron chi connectivity index (χ0n) is 50.5. The van der Waals surface area contributed by atoms with Gasteiger partial charge in [-0.3, -0.25) is 4.79 Å². The number of carbonyl (C=O) groups is 1. The fourth-order valence-corrected chi connectivity index (χ4v) is 11.2. The molecule has 11 heteroatoms. The van der Waals surface area contributed by atoms with E-state index in [-0.39, 0.29) is 12.8 Å². The maximum Gasteiger partial charge on any atom is 0.249 e. The Morgan fingerprint density at radius 2 is 0.766 bits per heavy atom. The van der Waals surface area contributed by atoms with Gasteiger partial charge in [0.25, 0.3) is 0 Å². The van der Waals surface area contributed by atoms with E-state index in [9.17, 15) is 40.5 Å². The van der Waals surface area contributed by atoms with Crippen molar-refractivity contribution in [3.63, 3.8) is 0 Å². The summed E-state index contributed by atoms with van der Waals surface area (Å²) >= 11 is 0. The molecule has 8 N–H and O–H groups in total. The third kappa shape index (κ3) is 43.2. The van der Waals surface area contributed by atoms with E-state index in [1.807, 2.05) is 0 Å². The Hall–Kier alpha value is -1.15. The molecule has 1 amide bonds. The Labute approximate surface area is 474 Å². The summed E-state index contributed by atoms with van der Waals surface area (Å²) in [6.07, 6.45) is 56.0. The molecule has 458 valence electrons. The van der Waals surface area contributed by atoms with E-state index < -0.39 is 74.2 Å². The van der Waals surface area contributed by atoms with Crippen LogP contribution in [0.5, 0.6) is 0 Å². The molecule has 0 aromatic carbocycles. The van der Waals surface area contributed by atoms with Crippen LogP contribution in [-0.4, -0.2) is 110 Å². The molecule has 0 aromatic rings. The lowest BCUT2D eigenvalue weighted by Crippen LogP contribution is -2.60. The molecule has 1 aliphatic heterocycles. The molecule has 77 heavy (non-hydrogen) atoms. The highest BCUT2D eigenvalue weighted by atomic mass is 16.7. The highest BCUT2D eigenvalue weighted by Gasteiger charge is 2.44. The normalized spacial score (nSPS) is 19.5. The van der Waals surface area contributed by atoms with Crippen LogP contribution in [0.4, 0.5) is 0 Å². The molecule has 1 aliphatic rings. The van der Waals surface area contributed by atoms with Crippen molar-refractivity contribution >= 4 is 5.91 Å². The fourth-order valence-electron chi connectivity index (χ4n) is 11.2. The summed E-state index contributed by atoms with van der Waals surface area (Å²) in [7, 11) is 0. The number of allylic oxidation sites excluding steroid dienone is 2. The van der Waals surface area contributed by atoms with Gasteiger partial charge in [0.1, 0.15) is 36.6 Å². The number of ether oxygens (including phenoxy) is 2. The summed E-state index contributed by atoms with van der Waals surface area (Å²) < 4.78 is 11.2. The van der Waals surface area contributed by atoms with Crippen LogP contribution in [0.3, 0.4) is 0 Å². The minimum absolute atomic E-state index is 0.260. The minimum atomic E-state index is -1.67. The maximum absolute atomic E-state index is 13.2. The van der Waals surface area contributed by atoms with Crippen LogP contribution in [0.25, 0.3) is 0 Å². The van der Waals surface area contributed by atoms with Gasteiger partial charge in [-0.15, -0.1) is 0 Å². The molecule has 1 heterocycles. The number of aliphatic hydroxyl groups is 7. The Balaban J connectivity index is 2.15. The van der Waals surface area contributed by atoms with Crippen molar-refractivity contribution < 1.29 is 50.0 Å². The Bertz CT molecular complexity index is 1260. The zero-order valence-corrected chi connectivity index (χ0v) is 50.5. The fraction of sp³-hybridized carbons (Fsp3) is 0.955. The molecule has 0 saturated carbocycles. The van der Waals surface area contributed by atoms with Crippen LogP contribution in [0.1, 0.15) is 335 Å². The molecule has 1 rings (SSSR count). The lowest BCUT2D eigenvalue weighted by Gasteiger charge is -2.40. The average molecular weight is 1100 g/mol. The van der Waals surface area contributed by atoms with E-state index in [1.54, 1.807) is 0 Å². The summed E-state index contributed by atoms with van der Waals surface area (Å²) in [5.41, 5.74) is 0. The second-order valence-electron chi connectivity index (χ2n) is 23.9. The average Bonchev–Trinajstić information content (AvgIpc) is 3.43. The molecule has 0 radical (unpaired) electrons. The van der Waals surface area contributed by atoms with Crippen molar-refractivity contribution in [1.29, 1.82) is 0 Å². The first-order valence-electron chi connectivity index (χ1n) is 33.6. The van der Waals surface area contributed by atoms with Crippen LogP contribution >= 0.6 is 0 Å². The van der Waals surface area contributed by atoms with Gasteiger partial charge in [-0.05, 0) is 38.5 Å². The Morgan fingerprint density at radius 1 is 0.442 bits per heavy atom. The molecule has 9 unspecified atom stereocenters. The van der Waals surface area contributed by atoms with Crippen LogP contribution < -0.4 is 5.32 Å². The third-order valence-electron chi connectivity index (χ3n) is 16.6. The number of rotatable bonds is 59. The molecule has 0 spiro atoms. The van der Waals surface area contributed by atoms with Crippen LogP contribution in [0, 0.1) is 0 Å². The lowest BCUT2D eigenvalue weighted by atomic mass is 9.98. The van der Waals surface area contributed by atoms with Crippen molar-refractivity contribution in [3.05, 3.63) is 12.2 Å².